The topological polar surface area (TPSA) is 63.3 Å². The third kappa shape index (κ3) is 9.12. The van der Waals surface area contributed by atoms with Crippen LogP contribution in [-0.4, -0.2) is 24.0 Å². The van der Waals surface area contributed by atoms with Crippen LogP contribution in [0.5, 0.6) is 0 Å². The Bertz CT molecular complexity index is 376. The maximum Gasteiger partial charge on any atom is 0.188 e. The molecule has 5 heteroatoms. The quantitative estimate of drug-likeness (QED) is 0.310. The van der Waals surface area contributed by atoms with Crippen molar-refractivity contribution in [1.29, 1.82) is 0 Å². The Balaban J connectivity index is 0.00000361. The first-order chi connectivity index (χ1) is 9.22. The number of nitrogens with zero attached hydrogens (tertiary/aromatic N) is 2. The van der Waals surface area contributed by atoms with E-state index in [2.05, 4.69) is 28.3 Å². The van der Waals surface area contributed by atoms with Crippen molar-refractivity contribution in [2.45, 2.75) is 46.0 Å². The molecule has 3 N–H and O–H groups in total. The molecule has 0 aliphatic heterocycles. The molecule has 1 aromatic heterocycles. The molecule has 0 spiro atoms. The first-order valence-electron chi connectivity index (χ1n) is 7.17. The fourth-order valence-electron chi connectivity index (χ4n) is 1.78. The van der Waals surface area contributed by atoms with E-state index in [-0.39, 0.29) is 24.0 Å². The lowest BCUT2D eigenvalue weighted by molar-refractivity contribution is 0.673. The van der Waals surface area contributed by atoms with Crippen molar-refractivity contribution in [2.75, 3.05) is 13.1 Å². The summed E-state index contributed by atoms with van der Waals surface area (Å²) in [5.41, 5.74) is 8.06. The highest BCUT2D eigenvalue weighted by molar-refractivity contribution is 14.0. The summed E-state index contributed by atoms with van der Waals surface area (Å²) in [6.45, 7) is 5.82. The highest BCUT2D eigenvalue weighted by atomic mass is 127. The first kappa shape index (κ1) is 19.1. The second-order valence-corrected chi connectivity index (χ2v) is 4.81. The Hall–Kier alpha value is -0.850. The third-order valence-electron chi connectivity index (χ3n) is 2.99. The molecule has 0 unspecified atom stereocenters. The third-order valence-corrected chi connectivity index (χ3v) is 2.99. The van der Waals surface area contributed by atoms with E-state index < -0.39 is 0 Å². The standard InChI is InChI=1S/C15H26N4.HI/c1-3-4-5-6-10-17-15(16)18-11-9-14-8-7-13(2)19-12-14;/h7-8,12H,3-6,9-11H2,1-2H3,(H3,16,17,18);1H. The molecule has 4 nitrogen and oxygen atoms in total. The number of aromatic nitrogens is 1. The summed E-state index contributed by atoms with van der Waals surface area (Å²) in [6.07, 6.45) is 7.72. The molecule has 114 valence electrons. The predicted molar refractivity (Wildman–Crippen MR) is 96.7 cm³/mol. The van der Waals surface area contributed by atoms with E-state index in [1.165, 1.54) is 24.8 Å². The number of hydrogen-bond acceptors (Lipinski definition) is 2. The Morgan fingerprint density at radius 2 is 2.10 bits per heavy atom. The second-order valence-electron chi connectivity index (χ2n) is 4.81. The van der Waals surface area contributed by atoms with Gasteiger partial charge >= 0.3 is 0 Å². The molecule has 0 bridgehead atoms. The minimum absolute atomic E-state index is 0. The molecular formula is C15H27IN4. The maximum atomic E-state index is 5.80. The second kappa shape index (κ2) is 11.9. The molecule has 0 saturated heterocycles. The van der Waals surface area contributed by atoms with Gasteiger partial charge < -0.3 is 11.1 Å². The largest absolute Gasteiger partial charge is 0.370 e. The molecule has 0 fully saturated rings. The van der Waals surface area contributed by atoms with E-state index in [9.17, 15) is 0 Å². The number of halogens is 1. The predicted octanol–water partition coefficient (Wildman–Crippen LogP) is 3.04. The van der Waals surface area contributed by atoms with E-state index >= 15 is 0 Å². The average molecular weight is 390 g/mol. The van der Waals surface area contributed by atoms with E-state index in [0.717, 1.165) is 31.6 Å². The van der Waals surface area contributed by atoms with Crippen molar-refractivity contribution in [3.05, 3.63) is 29.6 Å². The van der Waals surface area contributed by atoms with Crippen LogP contribution in [0, 0.1) is 6.92 Å². The van der Waals surface area contributed by atoms with Gasteiger partial charge in [0.05, 0.1) is 0 Å². The van der Waals surface area contributed by atoms with Crippen molar-refractivity contribution in [1.82, 2.24) is 10.3 Å². The average Bonchev–Trinajstić information content (AvgIpc) is 2.41. The van der Waals surface area contributed by atoms with Crippen molar-refractivity contribution < 1.29 is 0 Å². The van der Waals surface area contributed by atoms with Gasteiger partial charge in [0.25, 0.3) is 0 Å². The van der Waals surface area contributed by atoms with Gasteiger partial charge in [0.1, 0.15) is 0 Å². The molecule has 1 rings (SSSR count). The van der Waals surface area contributed by atoms with Gasteiger partial charge in [-0.15, -0.1) is 24.0 Å². The summed E-state index contributed by atoms with van der Waals surface area (Å²) >= 11 is 0. The van der Waals surface area contributed by atoms with E-state index in [0.29, 0.717) is 5.96 Å². The number of aryl methyl sites for hydroxylation is 1. The molecule has 0 aromatic carbocycles. The zero-order valence-electron chi connectivity index (χ0n) is 12.6. The summed E-state index contributed by atoms with van der Waals surface area (Å²) in [5, 5.41) is 3.14. The van der Waals surface area contributed by atoms with Crippen LogP contribution < -0.4 is 11.1 Å². The molecule has 0 atom stereocenters. The number of unbranched alkanes of at least 4 members (excludes halogenated alkanes) is 3. The monoisotopic (exact) mass is 390 g/mol. The number of hydrogen-bond donors (Lipinski definition) is 2. The number of pyridine rings is 1. The molecule has 0 saturated carbocycles. The van der Waals surface area contributed by atoms with Gasteiger partial charge in [0.2, 0.25) is 0 Å². The van der Waals surface area contributed by atoms with Crippen LogP contribution in [0.3, 0.4) is 0 Å². The van der Waals surface area contributed by atoms with E-state index in [4.69, 9.17) is 5.73 Å². The first-order valence-corrected chi connectivity index (χ1v) is 7.17. The number of nitrogens with one attached hydrogen (secondary N) is 1. The van der Waals surface area contributed by atoms with Gasteiger partial charge in [-0.1, -0.05) is 32.3 Å². The zero-order valence-corrected chi connectivity index (χ0v) is 14.9. The summed E-state index contributed by atoms with van der Waals surface area (Å²) < 4.78 is 0. The number of rotatable bonds is 8. The van der Waals surface area contributed by atoms with Crippen LogP contribution in [0.4, 0.5) is 0 Å². The van der Waals surface area contributed by atoms with Gasteiger partial charge in [0.15, 0.2) is 5.96 Å². The Labute approximate surface area is 139 Å². The molecule has 20 heavy (non-hydrogen) atoms. The lowest BCUT2D eigenvalue weighted by atomic mass is 10.2. The maximum absolute atomic E-state index is 5.80. The Morgan fingerprint density at radius 1 is 1.30 bits per heavy atom. The fraction of sp³-hybridized carbons (Fsp3) is 0.600. The van der Waals surface area contributed by atoms with Gasteiger partial charge in [-0.05, 0) is 31.4 Å². The van der Waals surface area contributed by atoms with Crippen molar-refractivity contribution in [3.63, 3.8) is 0 Å². The normalized spacial score (nSPS) is 11.0. The SMILES string of the molecule is CCCCCCN=C(N)NCCc1ccc(C)nc1.I. The van der Waals surface area contributed by atoms with Crippen LogP contribution in [0.25, 0.3) is 0 Å². The minimum Gasteiger partial charge on any atom is -0.370 e. The van der Waals surface area contributed by atoms with Crippen LogP contribution in [0.2, 0.25) is 0 Å². The lowest BCUT2D eigenvalue weighted by Crippen LogP contribution is -2.33. The van der Waals surface area contributed by atoms with Crippen LogP contribution in [0.15, 0.2) is 23.3 Å². The van der Waals surface area contributed by atoms with Gasteiger partial charge in [-0.25, -0.2) is 0 Å². The highest BCUT2D eigenvalue weighted by Gasteiger charge is 1.95. The minimum atomic E-state index is 0. The fourth-order valence-corrected chi connectivity index (χ4v) is 1.78. The number of nitrogens with two attached hydrogens (primary N) is 1. The lowest BCUT2D eigenvalue weighted by Gasteiger charge is -2.05. The van der Waals surface area contributed by atoms with Gasteiger partial charge in [-0.3, -0.25) is 9.98 Å². The van der Waals surface area contributed by atoms with Crippen LogP contribution in [-0.2, 0) is 6.42 Å². The number of guanidine groups is 1. The van der Waals surface area contributed by atoms with Crippen LogP contribution >= 0.6 is 24.0 Å². The van der Waals surface area contributed by atoms with Gasteiger partial charge in [0, 0.05) is 25.0 Å². The summed E-state index contributed by atoms with van der Waals surface area (Å²) in [7, 11) is 0. The Morgan fingerprint density at radius 3 is 2.75 bits per heavy atom. The van der Waals surface area contributed by atoms with Crippen molar-refractivity contribution >= 4 is 29.9 Å². The van der Waals surface area contributed by atoms with Crippen LogP contribution in [0.1, 0.15) is 43.9 Å². The highest BCUT2D eigenvalue weighted by Crippen LogP contribution is 2.00. The van der Waals surface area contributed by atoms with E-state index in [1.54, 1.807) is 0 Å². The molecule has 0 aliphatic carbocycles. The molecule has 0 aliphatic rings. The summed E-state index contributed by atoms with van der Waals surface area (Å²) in [6, 6.07) is 4.13. The van der Waals surface area contributed by atoms with Crippen molar-refractivity contribution in [3.8, 4) is 0 Å². The number of aliphatic imine (C=N–C) groups is 1. The Kier molecular flexibility index (Phi) is 11.4. The zero-order chi connectivity index (χ0) is 13.9. The summed E-state index contributed by atoms with van der Waals surface area (Å²) in [4.78, 5) is 8.57. The molecule has 0 radical (unpaired) electrons. The molecule has 0 amide bonds. The molecule has 1 heterocycles. The van der Waals surface area contributed by atoms with E-state index in [1.807, 2.05) is 19.2 Å². The molecule has 1 aromatic rings. The molecular weight excluding hydrogens is 363 g/mol. The summed E-state index contributed by atoms with van der Waals surface area (Å²) in [5.74, 6) is 0.552. The van der Waals surface area contributed by atoms with Crippen molar-refractivity contribution in [2.24, 2.45) is 10.7 Å². The van der Waals surface area contributed by atoms with Gasteiger partial charge in [-0.2, -0.15) is 0 Å². The smallest absolute Gasteiger partial charge is 0.188 e.